The molecule has 21 heavy (non-hydrogen) atoms. The predicted octanol–water partition coefficient (Wildman–Crippen LogP) is 1.31. The molecule has 2 atom stereocenters. The molecule has 0 amide bonds. The molecule has 0 saturated carbocycles. The van der Waals surface area contributed by atoms with Crippen LogP contribution in [0.3, 0.4) is 0 Å². The maximum Gasteiger partial charge on any atom is 0.323 e. The summed E-state index contributed by atoms with van der Waals surface area (Å²) in [6.45, 7) is 3.31. The second-order valence-electron chi connectivity index (χ2n) is 5.27. The number of carbonyl (C=O) groups is 1. The molecule has 0 heterocycles. The molecule has 1 aromatic rings. The van der Waals surface area contributed by atoms with E-state index >= 15 is 0 Å². The molecule has 0 saturated heterocycles. The summed E-state index contributed by atoms with van der Waals surface area (Å²) in [5.74, 6) is -0.570. The maximum absolute atomic E-state index is 11.5. The van der Waals surface area contributed by atoms with Crippen molar-refractivity contribution < 1.29 is 23.1 Å². The first-order chi connectivity index (χ1) is 9.58. The fourth-order valence-electron chi connectivity index (χ4n) is 1.92. The first-order valence-corrected chi connectivity index (χ1v) is 8.37. The Morgan fingerprint density at radius 3 is 2.57 bits per heavy atom. The van der Waals surface area contributed by atoms with Gasteiger partial charge in [0.15, 0.2) is 9.84 Å². The highest BCUT2D eigenvalue weighted by atomic mass is 32.2. The fourth-order valence-corrected chi connectivity index (χ4v) is 2.58. The standard InChI is InChI=1S/C14H21NO5S/c1-10(9-14(2,15-3)13(16)17)20-11-6-5-7-12(8-11)21(4,18)19/h5-8,10,15H,9H2,1-4H3,(H,16,17). The smallest absolute Gasteiger partial charge is 0.323 e. The van der Waals surface area contributed by atoms with Gasteiger partial charge in [0.05, 0.1) is 11.0 Å². The largest absolute Gasteiger partial charge is 0.491 e. The highest BCUT2D eigenvalue weighted by Gasteiger charge is 2.33. The van der Waals surface area contributed by atoms with E-state index in [1.54, 1.807) is 33.0 Å². The summed E-state index contributed by atoms with van der Waals surface area (Å²) >= 11 is 0. The van der Waals surface area contributed by atoms with Crippen LogP contribution >= 0.6 is 0 Å². The fraction of sp³-hybridized carbons (Fsp3) is 0.500. The van der Waals surface area contributed by atoms with Crippen LogP contribution in [-0.2, 0) is 14.6 Å². The molecule has 0 bridgehead atoms. The number of carboxylic acids is 1. The lowest BCUT2D eigenvalue weighted by Gasteiger charge is -2.27. The average Bonchev–Trinajstić information content (AvgIpc) is 2.37. The summed E-state index contributed by atoms with van der Waals surface area (Å²) in [6.07, 6.45) is 0.966. The summed E-state index contributed by atoms with van der Waals surface area (Å²) in [5.41, 5.74) is -1.10. The number of likely N-dealkylation sites (N-methyl/N-ethyl adjacent to an activating group) is 1. The monoisotopic (exact) mass is 315 g/mol. The van der Waals surface area contributed by atoms with E-state index < -0.39 is 27.4 Å². The van der Waals surface area contributed by atoms with Crippen molar-refractivity contribution >= 4 is 15.8 Å². The van der Waals surface area contributed by atoms with Crippen LogP contribution in [0.5, 0.6) is 5.75 Å². The van der Waals surface area contributed by atoms with Crippen molar-refractivity contribution in [1.82, 2.24) is 5.32 Å². The topological polar surface area (TPSA) is 92.7 Å². The molecule has 2 unspecified atom stereocenters. The summed E-state index contributed by atoms with van der Waals surface area (Å²) in [6, 6.07) is 6.15. The molecular formula is C14H21NO5S. The van der Waals surface area contributed by atoms with Gasteiger partial charge in [0.1, 0.15) is 11.3 Å². The highest BCUT2D eigenvalue weighted by Crippen LogP contribution is 2.21. The molecule has 0 aliphatic heterocycles. The Bertz CT molecular complexity index is 614. The van der Waals surface area contributed by atoms with Gasteiger partial charge in [-0.1, -0.05) is 6.07 Å². The van der Waals surface area contributed by atoms with E-state index in [2.05, 4.69) is 5.32 Å². The molecular weight excluding hydrogens is 294 g/mol. The summed E-state index contributed by atoms with van der Waals surface area (Å²) in [4.78, 5) is 11.4. The van der Waals surface area contributed by atoms with Crippen LogP contribution in [0.25, 0.3) is 0 Å². The Balaban J connectivity index is 2.85. The second kappa shape index (κ2) is 6.44. The van der Waals surface area contributed by atoms with E-state index in [1.165, 1.54) is 12.1 Å². The Morgan fingerprint density at radius 2 is 2.10 bits per heavy atom. The van der Waals surface area contributed by atoms with Gasteiger partial charge in [-0.15, -0.1) is 0 Å². The van der Waals surface area contributed by atoms with E-state index in [0.717, 1.165) is 6.26 Å². The summed E-state index contributed by atoms with van der Waals surface area (Å²) in [5, 5.41) is 12.0. The minimum absolute atomic E-state index is 0.168. The van der Waals surface area contributed by atoms with Gasteiger partial charge in [-0.05, 0) is 39.1 Å². The number of benzene rings is 1. The molecule has 0 aliphatic carbocycles. The van der Waals surface area contributed by atoms with Gasteiger partial charge in [-0.3, -0.25) is 4.79 Å². The minimum Gasteiger partial charge on any atom is -0.491 e. The van der Waals surface area contributed by atoms with Gasteiger partial charge in [0.25, 0.3) is 0 Å². The third-order valence-electron chi connectivity index (χ3n) is 3.29. The van der Waals surface area contributed by atoms with Crippen LogP contribution in [0.15, 0.2) is 29.2 Å². The van der Waals surface area contributed by atoms with E-state index in [9.17, 15) is 18.3 Å². The number of nitrogens with one attached hydrogen (secondary N) is 1. The second-order valence-corrected chi connectivity index (χ2v) is 7.28. The SMILES string of the molecule is CNC(C)(CC(C)Oc1cccc(S(C)(=O)=O)c1)C(=O)O. The van der Waals surface area contributed by atoms with Crippen molar-refractivity contribution in [3.63, 3.8) is 0 Å². The van der Waals surface area contributed by atoms with Crippen LogP contribution in [0.2, 0.25) is 0 Å². The molecule has 0 fully saturated rings. The van der Waals surface area contributed by atoms with Gasteiger partial charge < -0.3 is 15.2 Å². The first-order valence-electron chi connectivity index (χ1n) is 6.47. The Morgan fingerprint density at radius 1 is 1.48 bits per heavy atom. The number of sulfone groups is 1. The van der Waals surface area contributed by atoms with Gasteiger partial charge in [0.2, 0.25) is 0 Å². The molecule has 6 nitrogen and oxygen atoms in total. The van der Waals surface area contributed by atoms with Gasteiger partial charge in [-0.25, -0.2) is 8.42 Å². The van der Waals surface area contributed by atoms with E-state index in [0.29, 0.717) is 5.75 Å². The molecule has 1 rings (SSSR count). The maximum atomic E-state index is 11.5. The number of hydrogen-bond donors (Lipinski definition) is 2. The summed E-state index contributed by atoms with van der Waals surface area (Å²) in [7, 11) is -1.73. The van der Waals surface area contributed by atoms with E-state index in [-0.39, 0.29) is 11.3 Å². The molecule has 0 aromatic heterocycles. The van der Waals surface area contributed by atoms with Crippen LogP contribution in [0.1, 0.15) is 20.3 Å². The first kappa shape index (κ1) is 17.5. The Labute approximate surface area is 125 Å². The van der Waals surface area contributed by atoms with Crippen LogP contribution in [0, 0.1) is 0 Å². The zero-order valence-corrected chi connectivity index (χ0v) is 13.4. The lowest BCUT2D eigenvalue weighted by Crippen LogP contribution is -2.50. The quantitative estimate of drug-likeness (QED) is 0.788. The zero-order valence-electron chi connectivity index (χ0n) is 12.6. The van der Waals surface area contributed by atoms with E-state index in [1.807, 2.05) is 0 Å². The molecule has 2 N–H and O–H groups in total. The van der Waals surface area contributed by atoms with Crippen molar-refractivity contribution in [2.45, 2.75) is 36.8 Å². The third kappa shape index (κ3) is 4.71. The number of rotatable bonds is 7. The van der Waals surface area contributed by atoms with Crippen molar-refractivity contribution in [3.05, 3.63) is 24.3 Å². The van der Waals surface area contributed by atoms with Crippen LogP contribution in [0.4, 0.5) is 0 Å². The lowest BCUT2D eigenvalue weighted by atomic mass is 9.95. The molecule has 0 spiro atoms. The number of aliphatic carboxylic acids is 1. The number of carboxylic acid groups (broad SMARTS) is 1. The molecule has 0 radical (unpaired) electrons. The van der Waals surface area contributed by atoms with Crippen LogP contribution in [-0.4, -0.2) is 44.4 Å². The predicted molar refractivity (Wildman–Crippen MR) is 79.4 cm³/mol. The Kier molecular flexibility index (Phi) is 5.36. The molecule has 0 aliphatic rings. The summed E-state index contributed by atoms with van der Waals surface area (Å²) < 4.78 is 28.6. The van der Waals surface area contributed by atoms with E-state index in [4.69, 9.17) is 4.74 Å². The zero-order chi connectivity index (χ0) is 16.3. The molecule has 7 heteroatoms. The number of ether oxygens (including phenoxy) is 1. The van der Waals surface area contributed by atoms with Gasteiger partial charge in [-0.2, -0.15) is 0 Å². The van der Waals surface area contributed by atoms with Crippen molar-refractivity contribution in [2.75, 3.05) is 13.3 Å². The van der Waals surface area contributed by atoms with Crippen molar-refractivity contribution in [2.24, 2.45) is 0 Å². The van der Waals surface area contributed by atoms with Gasteiger partial charge in [0, 0.05) is 12.7 Å². The molecule has 1 aromatic carbocycles. The van der Waals surface area contributed by atoms with Crippen molar-refractivity contribution in [3.8, 4) is 5.75 Å². The minimum atomic E-state index is -3.30. The van der Waals surface area contributed by atoms with Crippen LogP contribution < -0.4 is 10.1 Å². The van der Waals surface area contributed by atoms with Crippen molar-refractivity contribution in [1.29, 1.82) is 0 Å². The highest BCUT2D eigenvalue weighted by molar-refractivity contribution is 7.90. The normalized spacial score (nSPS) is 16.0. The Hall–Kier alpha value is -1.60. The lowest BCUT2D eigenvalue weighted by molar-refractivity contribution is -0.145. The third-order valence-corrected chi connectivity index (χ3v) is 4.40. The van der Waals surface area contributed by atoms with Gasteiger partial charge >= 0.3 is 5.97 Å². The molecule has 118 valence electrons. The number of hydrogen-bond acceptors (Lipinski definition) is 5. The average molecular weight is 315 g/mol.